The molecule has 1 N–H and O–H groups in total. The number of nitrogens with one attached hydrogen (secondary N) is 1. The zero-order chi connectivity index (χ0) is 15.2. The summed E-state index contributed by atoms with van der Waals surface area (Å²) < 4.78 is 5.57. The number of benzene rings is 2. The summed E-state index contributed by atoms with van der Waals surface area (Å²) in [6.45, 7) is 4.92. The molecule has 2 aromatic carbocycles. The monoisotopic (exact) mass is 323 g/mol. The van der Waals surface area contributed by atoms with Gasteiger partial charge in [-0.05, 0) is 55.3 Å². The van der Waals surface area contributed by atoms with Gasteiger partial charge in [-0.15, -0.1) is 0 Å². The van der Waals surface area contributed by atoms with E-state index in [1.807, 2.05) is 42.5 Å². The van der Waals surface area contributed by atoms with E-state index in [1.54, 1.807) is 0 Å². The third kappa shape index (κ3) is 4.55. The summed E-state index contributed by atoms with van der Waals surface area (Å²) in [7, 11) is 0. The van der Waals surface area contributed by atoms with Crippen molar-refractivity contribution in [2.75, 3.05) is 11.9 Å². The number of hydrogen-bond donors (Lipinski definition) is 1. The molecule has 0 spiro atoms. The lowest BCUT2D eigenvalue weighted by Crippen LogP contribution is -2.06. The van der Waals surface area contributed by atoms with Crippen molar-refractivity contribution in [1.29, 1.82) is 0 Å². The summed E-state index contributed by atoms with van der Waals surface area (Å²) >= 11 is 12.0. The molecule has 2 aromatic rings. The molecule has 2 rings (SSSR count). The molecule has 0 heterocycles. The van der Waals surface area contributed by atoms with E-state index in [4.69, 9.17) is 27.9 Å². The molecule has 0 amide bonds. The van der Waals surface area contributed by atoms with Crippen LogP contribution in [0.15, 0.2) is 42.5 Å². The van der Waals surface area contributed by atoms with Gasteiger partial charge < -0.3 is 10.1 Å². The summed E-state index contributed by atoms with van der Waals surface area (Å²) in [5.74, 6) is 0.893. The summed E-state index contributed by atoms with van der Waals surface area (Å²) in [6.07, 6.45) is 1.01. The number of anilines is 1. The van der Waals surface area contributed by atoms with E-state index in [0.717, 1.165) is 30.0 Å². The van der Waals surface area contributed by atoms with Gasteiger partial charge in [0.25, 0.3) is 0 Å². The SMILES string of the molecule is CCCOc1ccc(NC(C)c2ccc(Cl)c(Cl)c2)cc1. The minimum atomic E-state index is 0.141. The van der Waals surface area contributed by atoms with Crippen LogP contribution in [0.4, 0.5) is 5.69 Å². The molecule has 112 valence electrons. The molecular formula is C17H19Cl2NO. The highest BCUT2D eigenvalue weighted by Crippen LogP contribution is 2.27. The molecule has 0 aliphatic carbocycles. The van der Waals surface area contributed by atoms with Crippen LogP contribution in [0.2, 0.25) is 10.0 Å². The second-order valence-electron chi connectivity index (χ2n) is 4.91. The molecule has 4 heteroatoms. The summed E-state index contributed by atoms with van der Waals surface area (Å²) in [6, 6.07) is 13.8. The molecule has 0 aromatic heterocycles. The normalized spacial score (nSPS) is 12.0. The van der Waals surface area contributed by atoms with Crippen LogP contribution in [0.3, 0.4) is 0 Å². The van der Waals surface area contributed by atoms with Gasteiger partial charge in [0, 0.05) is 11.7 Å². The van der Waals surface area contributed by atoms with E-state index in [1.165, 1.54) is 0 Å². The maximum Gasteiger partial charge on any atom is 0.119 e. The highest BCUT2D eigenvalue weighted by molar-refractivity contribution is 6.42. The van der Waals surface area contributed by atoms with Crippen molar-refractivity contribution in [2.45, 2.75) is 26.3 Å². The first-order chi connectivity index (χ1) is 10.1. The molecule has 2 nitrogen and oxygen atoms in total. The van der Waals surface area contributed by atoms with E-state index in [-0.39, 0.29) is 6.04 Å². The van der Waals surface area contributed by atoms with Crippen LogP contribution < -0.4 is 10.1 Å². The highest BCUT2D eigenvalue weighted by Gasteiger charge is 2.07. The molecule has 0 saturated carbocycles. The Kier molecular flexibility index (Phi) is 5.77. The van der Waals surface area contributed by atoms with Gasteiger partial charge in [0.1, 0.15) is 5.75 Å². The topological polar surface area (TPSA) is 21.3 Å². The van der Waals surface area contributed by atoms with Crippen LogP contribution in [0.25, 0.3) is 0 Å². The van der Waals surface area contributed by atoms with Gasteiger partial charge in [-0.2, -0.15) is 0 Å². The fourth-order valence-electron chi connectivity index (χ4n) is 1.98. The Morgan fingerprint density at radius 2 is 1.76 bits per heavy atom. The Morgan fingerprint density at radius 1 is 1.05 bits per heavy atom. The molecule has 0 saturated heterocycles. The zero-order valence-corrected chi connectivity index (χ0v) is 13.7. The molecule has 21 heavy (non-hydrogen) atoms. The van der Waals surface area contributed by atoms with Crippen LogP contribution in [-0.4, -0.2) is 6.61 Å². The molecule has 0 aliphatic rings. The number of hydrogen-bond acceptors (Lipinski definition) is 2. The van der Waals surface area contributed by atoms with E-state index in [0.29, 0.717) is 10.0 Å². The lowest BCUT2D eigenvalue weighted by atomic mass is 10.1. The maximum absolute atomic E-state index is 6.05. The van der Waals surface area contributed by atoms with E-state index in [9.17, 15) is 0 Å². The van der Waals surface area contributed by atoms with Crippen molar-refractivity contribution in [3.8, 4) is 5.75 Å². The number of ether oxygens (including phenoxy) is 1. The van der Waals surface area contributed by atoms with E-state index in [2.05, 4.69) is 19.2 Å². The minimum absolute atomic E-state index is 0.141. The summed E-state index contributed by atoms with van der Waals surface area (Å²) in [5, 5.41) is 4.58. The number of halogens is 2. The molecule has 0 radical (unpaired) electrons. The van der Waals surface area contributed by atoms with Gasteiger partial charge in [-0.1, -0.05) is 36.2 Å². The summed E-state index contributed by atoms with van der Waals surface area (Å²) in [4.78, 5) is 0. The average molecular weight is 324 g/mol. The Hall–Kier alpha value is -1.38. The quantitative estimate of drug-likeness (QED) is 0.708. The molecule has 1 atom stereocenters. The maximum atomic E-state index is 6.05. The first-order valence-electron chi connectivity index (χ1n) is 7.04. The van der Waals surface area contributed by atoms with Gasteiger partial charge in [-0.3, -0.25) is 0 Å². The van der Waals surface area contributed by atoms with Crippen molar-refractivity contribution in [2.24, 2.45) is 0 Å². The first-order valence-corrected chi connectivity index (χ1v) is 7.80. The number of rotatable bonds is 6. The van der Waals surface area contributed by atoms with Gasteiger partial charge in [0.15, 0.2) is 0 Å². The van der Waals surface area contributed by atoms with Crippen LogP contribution >= 0.6 is 23.2 Å². The van der Waals surface area contributed by atoms with Crippen LogP contribution in [0.5, 0.6) is 5.75 Å². The van der Waals surface area contributed by atoms with Crippen LogP contribution in [-0.2, 0) is 0 Å². The van der Waals surface area contributed by atoms with Crippen LogP contribution in [0.1, 0.15) is 31.9 Å². The molecule has 0 fully saturated rings. The molecular weight excluding hydrogens is 305 g/mol. The second kappa shape index (κ2) is 7.58. The van der Waals surface area contributed by atoms with Crippen molar-refractivity contribution in [3.05, 3.63) is 58.1 Å². The largest absolute Gasteiger partial charge is 0.494 e. The van der Waals surface area contributed by atoms with Gasteiger partial charge in [0.05, 0.1) is 16.7 Å². The predicted molar refractivity (Wildman–Crippen MR) is 90.7 cm³/mol. The lowest BCUT2D eigenvalue weighted by Gasteiger charge is -2.16. The summed E-state index contributed by atoms with van der Waals surface area (Å²) in [5.41, 5.74) is 2.13. The predicted octanol–water partition coefficient (Wildman–Crippen LogP) is 5.96. The first kappa shape index (κ1) is 16.0. The van der Waals surface area contributed by atoms with Crippen molar-refractivity contribution < 1.29 is 4.74 Å². The van der Waals surface area contributed by atoms with Crippen molar-refractivity contribution in [1.82, 2.24) is 0 Å². The van der Waals surface area contributed by atoms with Crippen LogP contribution in [0, 0.1) is 0 Å². The average Bonchev–Trinajstić information content (AvgIpc) is 2.49. The van der Waals surface area contributed by atoms with Gasteiger partial charge in [-0.25, -0.2) is 0 Å². The van der Waals surface area contributed by atoms with Gasteiger partial charge >= 0.3 is 0 Å². The fraction of sp³-hybridized carbons (Fsp3) is 0.294. The van der Waals surface area contributed by atoms with E-state index < -0.39 is 0 Å². The highest BCUT2D eigenvalue weighted by atomic mass is 35.5. The molecule has 0 bridgehead atoms. The molecule has 0 aliphatic heterocycles. The minimum Gasteiger partial charge on any atom is -0.494 e. The second-order valence-corrected chi connectivity index (χ2v) is 5.73. The third-order valence-electron chi connectivity index (χ3n) is 3.15. The fourth-order valence-corrected chi connectivity index (χ4v) is 2.29. The zero-order valence-electron chi connectivity index (χ0n) is 12.2. The van der Waals surface area contributed by atoms with Crippen molar-refractivity contribution in [3.63, 3.8) is 0 Å². The molecule has 1 unspecified atom stereocenters. The van der Waals surface area contributed by atoms with Gasteiger partial charge in [0.2, 0.25) is 0 Å². The van der Waals surface area contributed by atoms with E-state index >= 15 is 0 Å². The Bertz CT molecular complexity index is 584. The Labute approximate surface area is 136 Å². The lowest BCUT2D eigenvalue weighted by molar-refractivity contribution is 0.317. The smallest absolute Gasteiger partial charge is 0.119 e. The Morgan fingerprint density at radius 3 is 2.38 bits per heavy atom. The standard InChI is InChI=1S/C17H19Cl2NO/c1-3-10-21-15-7-5-14(6-8-15)20-12(2)13-4-9-16(18)17(19)11-13/h4-9,11-12,20H,3,10H2,1-2H3. The third-order valence-corrected chi connectivity index (χ3v) is 3.89. The van der Waals surface area contributed by atoms with Crippen molar-refractivity contribution >= 4 is 28.9 Å². The Balaban J connectivity index is 2.01.